The van der Waals surface area contributed by atoms with Gasteiger partial charge in [-0.2, -0.15) is 52.7 Å². The van der Waals surface area contributed by atoms with Crippen LogP contribution in [0.2, 0.25) is 0 Å². The van der Waals surface area contributed by atoms with Crippen LogP contribution < -0.4 is 0 Å². The van der Waals surface area contributed by atoms with Crippen LogP contribution in [0.1, 0.15) is 22.8 Å². The van der Waals surface area contributed by atoms with E-state index in [0.29, 0.717) is 0 Å². The topological polar surface area (TPSA) is 51.6 Å². The zero-order chi connectivity index (χ0) is 36.3. The van der Waals surface area contributed by atoms with Gasteiger partial charge in [-0.05, 0) is 48.5 Å². The van der Waals surface area contributed by atoms with Crippen molar-refractivity contribution in [2.75, 3.05) is 0 Å². The van der Waals surface area contributed by atoms with Crippen molar-refractivity contribution in [3.8, 4) is 22.8 Å². The van der Waals surface area contributed by atoms with Crippen molar-refractivity contribution in [2.24, 2.45) is 0 Å². The Morgan fingerprint density at radius 3 is 0.604 bits per heavy atom. The molecule has 0 aliphatic rings. The van der Waals surface area contributed by atoms with Crippen molar-refractivity contribution in [1.29, 1.82) is 0 Å². The molecule has 0 saturated carbocycles. The number of rotatable bonds is 2. The monoisotopic (exact) mass is 792 g/mol. The predicted octanol–water partition coefficient (Wildman–Crippen LogP) is 11.7. The molecule has 0 unspecified atom stereocenters. The summed E-state index contributed by atoms with van der Waals surface area (Å²) in [6, 6.07) is 11.8. The Balaban J connectivity index is 0.000000395. The van der Waals surface area contributed by atoms with Gasteiger partial charge in [0.15, 0.2) is 0 Å². The number of aromatic nitrogens is 4. The molecule has 0 radical (unpaired) electrons. The first-order chi connectivity index (χ1) is 20.8. The minimum absolute atomic E-state index is 0. The maximum Gasteiger partial charge on any atom is 1.00 e. The van der Waals surface area contributed by atoms with E-state index in [0.717, 1.165) is 72.8 Å². The molecule has 4 aromatic heterocycles. The average Bonchev–Trinajstić information content (AvgIpc) is 2.90. The zero-order valence-corrected chi connectivity index (χ0v) is 24.1. The van der Waals surface area contributed by atoms with Crippen LogP contribution in [0, 0.1) is 0 Å². The van der Waals surface area contributed by atoms with Crippen LogP contribution >= 0.6 is 7.81 Å². The van der Waals surface area contributed by atoms with E-state index in [2.05, 4.69) is 19.9 Å². The van der Waals surface area contributed by atoms with Gasteiger partial charge < -0.3 is 0 Å². The van der Waals surface area contributed by atoms with E-state index in [4.69, 9.17) is 0 Å². The van der Waals surface area contributed by atoms with Crippen LogP contribution in [0.25, 0.3) is 22.8 Å². The number of nitrogens with zero attached hydrogens (tertiary/aromatic N) is 4. The predicted molar refractivity (Wildman–Crippen MR) is 129 cm³/mol. The third-order valence-electron chi connectivity index (χ3n) is 4.68. The molecule has 4 rings (SSSR count). The van der Waals surface area contributed by atoms with E-state index in [9.17, 15) is 77.9 Å². The number of halogens is 18. The van der Waals surface area contributed by atoms with Gasteiger partial charge in [0.05, 0.1) is 22.8 Å². The van der Waals surface area contributed by atoms with Crippen LogP contribution in [-0.2, 0) is 41.8 Å². The van der Waals surface area contributed by atoms with Gasteiger partial charge in [0.25, 0.3) is 0 Å². The summed E-state index contributed by atoms with van der Waals surface area (Å²) < 4.78 is 209. The molecule has 0 aliphatic carbocycles. The Hall–Kier alpha value is -3.71. The maximum atomic E-state index is 12.5. The third-order valence-corrected chi connectivity index (χ3v) is 4.68. The second kappa shape index (κ2) is 13.7. The van der Waals surface area contributed by atoms with Gasteiger partial charge in [0.2, 0.25) is 0 Å². The van der Waals surface area contributed by atoms with Crippen molar-refractivity contribution in [3.63, 3.8) is 0 Å². The average molecular weight is 793 g/mol. The Labute approximate surface area is 266 Å². The SMILES string of the molecule is FC(F)(F)c1cccc(-c2cccc(C(F)(F)F)n2)n1.FC(F)(F)c1cccc(-c2cccc(C(F)(F)F)n2)n1.F[P-](F)(F)(F)(F)F.[Cu+]. The molecule has 0 saturated heterocycles. The number of hydrogen-bond acceptors (Lipinski definition) is 4. The molecule has 4 nitrogen and oxygen atoms in total. The molecular formula is C24H12CuF18N4P. The molecule has 0 aromatic carbocycles. The molecule has 24 heteroatoms. The van der Waals surface area contributed by atoms with Gasteiger partial charge in [0, 0.05) is 0 Å². The van der Waals surface area contributed by atoms with Gasteiger partial charge in [-0.3, -0.25) is 0 Å². The summed E-state index contributed by atoms with van der Waals surface area (Å²) >= 11 is 0. The van der Waals surface area contributed by atoms with Crippen molar-refractivity contribution >= 4 is 7.81 Å². The summed E-state index contributed by atoms with van der Waals surface area (Å²) in [4.78, 5) is 13.1. The molecular weight excluding hydrogens is 781 g/mol. The van der Waals surface area contributed by atoms with Crippen molar-refractivity contribution < 1.29 is 94.9 Å². The fourth-order valence-electron chi connectivity index (χ4n) is 2.94. The summed E-state index contributed by atoms with van der Waals surface area (Å²) in [6.45, 7) is 0. The first-order valence-corrected chi connectivity index (χ1v) is 13.6. The Bertz CT molecular complexity index is 1450. The molecule has 0 aliphatic heterocycles. The van der Waals surface area contributed by atoms with Crippen LogP contribution in [0.5, 0.6) is 0 Å². The van der Waals surface area contributed by atoms with E-state index in [1.807, 2.05) is 0 Å². The first kappa shape index (κ1) is 42.3. The summed E-state index contributed by atoms with van der Waals surface area (Å²) in [7, 11) is -10.7. The molecule has 0 fully saturated rings. The number of alkyl halides is 12. The molecule has 4 heterocycles. The van der Waals surface area contributed by atoms with Gasteiger partial charge in [-0.1, -0.05) is 24.3 Å². The van der Waals surface area contributed by atoms with Gasteiger partial charge in [-0.15, -0.1) is 0 Å². The van der Waals surface area contributed by atoms with E-state index in [-0.39, 0.29) is 39.8 Å². The number of pyridine rings is 4. The molecule has 0 amide bonds. The van der Waals surface area contributed by atoms with Crippen LogP contribution in [0.15, 0.2) is 72.8 Å². The summed E-state index contributed by atoms with van der Waals surface area (Å²) in [5.41, 5.74) is -5.83. The summed E-state index contributed by atoms with van der Waals surface area (Å²) in [5, 5.41) is 0. The fourth-order valence-corrected chi connectivity index (χ4v) is 2.94. The first-order valence-electron chi connectivity index (χ1n) is 11.5. The Kier molecular flexibility index (Phi) is 12.0. The van der Waals surface area contributed by atoms with Crippen LogP contribution in [0.4, 0.5) is 77.9 Å². The van der Waals surface area contributed by atoms with Crippen LogP contribution in [0.3, 0.4) is 0 Å². The van der Waals surface area contributed by atoms with Crippen molar-refractivity contribution in [1.82, 2.24) is 19.9 Å². The Morgan fingerprint density at radius 1 is 0.333 bits per heavy atom. The van der Waals surface area contributed by atoms with Gasteiger partial charge in [-0.25, -0.2) is 19.9 Å². The third kappa shape index (κ3) is 15.5. The molecule has 0 atom stereocenters. The van der Waals surface area contributed by atoms with Gasteiger partial charge >= 0.3 is 74.8 Å². The zero-order valence-electron chi connectivity index (χ0n) is 22.3. The maximum absolute atomic E-state index is 12.5. The standard InChI is InChI=1S/2C12H6F6N2.Cu.F6P/c2*13-11(14,15)9-5-1-3-7(19-9)8-4-2-6-10(20-8)12(16,17)18;;1-7(2,3,4,5)6/h2*1-6H;;/q;;+1;-1. The minimum Gasteiger partial charge on any atom is 1.00 e. The molecule has 48 heavy (non-hydrogen) atoms. The summed E-state index contributed by atoms with van der Waals surface area (Å²) in [5.74, 6) is 0. The van der Waals surface area contributed by atoms with Gasteiger partial charge in [0.1, 0.15) is 22.8 Å². The minimum atomic E-state index is -10.7. The smallest absolute Gasteiger partial charge is 1.00 e. The quantitative estimate of drug-likeness (QED) is 0.115. The van der Waals surface area contributed by atoms with Crippen molar-refractivity contribution in [2.45, 2.75) is 24.7 Å². The molecule has 0 bridgehead atoms. The molecule has 4 aromatic rings. The fraction of sp³-hybridized carbons (Fsp3) is 0.167. The summed E-state index contributed by atoms with van der Waals surface area (Å²) in [6.07, 6.45) is -18.7. The van der Waals surface area contributed by atoms with Crippen molar-refractivity contribution in [3.05, 3.63) is 95.6 Å². The number of hydrogen-bond donors (Lipinski definition) is 0. The second-order valence-corrected chi connectivity index (χ2v) is 10.5. The van der Waals surface area contributed by atoms with E-state index >= 15 is 0 Å². The molecule has 0 spiro atoms. The van der Waals surface area contributed by atoms with E-state index in [1.165, 1.54) is 0 Å². The van der Waals surface area contributed by atoms with Crippen LogP contribution in [-0.4, -0.2) is 19.9 Å². The van der Waals surface area contributed by atoms with E-state index < -0.39 is 55.3 Å². The molecule has 0 N–H and O–H groups in total. The second-order valence-electron chi connectivity index (χ2n) is 8.58. The molecule has 270 valence electrons. The Morgan fingerprint density at radius 2 is 0.479 bits per heavy atom. The van der Waals surface area contributed by atoms with E-state index in [1.54, 1.807) is 0 Å². The normalized spacial score (nSPS) is 13.8. The largest absolute Gasteiger partial charge is 1.00 e.